The first kappa shape index (κ1) is 24.3. The molecule has 0 spiro atoms. The molecular formula is C19H15FN4O6S3. The summed E-state index contributed by atoms with van der Waals surface area (Å²) in [4.78, 5) is 53.5. The van der Waals surface area contributed by atoms with Crippen molar-refractivity contribution in [1.29, 1.82) is 0 Å². The minimum atomic E-state index is -1.27. The maximum absolute atomic E-state index is 13.0. The zero-order valence-electron chi connectivity index (χ0n) is 16.8. The van der Waals surface area contributed by atoms with E-state index in [9.17, 15) is 23.6 Å². The van der Waals surface area contributed by atoms with Crippen molar-refractivity contribution in [2.75, 3.05) is 23.8 Å². The highest BCUT2D eigenvalue weighted by molar-refractivity contribution is 8.26. The van der Waals surface area contributed by atoms with Gasteiger partial charge in [-0.2, -0.15) is 0 Å². The van der Waals surface area contributed by atoms with Crippen LogP contribution in [0.4, 0.5) is 20.0 Å². The number of anilines is 2. The van der Waals surface area contributed by atoms with Crippen molar-refractivity contribution >= 4 is 79.9 Å². The van der Waals surface area contributed by atoms with Crippen LogP contribution in [0.5, 0.6) is 0 Å². The Morgan fingerprint density at radius 3 is 2.58 bits per heavy atom. The van der Waals surface area contributed by atoms with Gasteiger partial charge < -0.3 is 15.2 Å². The van der Waals surface area contributed by atoms with E-state index in [-0.39, 0.29) is 32.2 Å². The number of aliphatic carboxylic acids is 1. The fourth-order valence-corrected chi connectivity index (χ4v) is 4.59. The van der Waals surface area contributed by atoms with Gasteiger partial charge in [0.25, 0.3) is 5.91 Å². The topological polar surface area (TPSA) is 138 Å². The van der Waals surface area contributed by atoms with Crippen molar-refractivity contribution < 1.29 is 33.4 Å². The predicted octanol–water partition coefficient (Wildman–Crippen LogP) is 3.15. The molecule has 1 saturated heterocycles. The Labute approximate surface area is 199 Å². The van der Waals surface area contributed by atoms with Crippen molar-refractivity contribution in [3.8, 4) is 0 Å². The first-order chi connectivity index (χ1) is 15.7. The van der Waals surface area contributed by atoms with E-state index >= 15 is 0 Å². The third-order valence-electron chi connectivity index (χ3n) is 3.93. The first-order valence-electron chi connectivity index (χ1n) is 9.16. The zero-order valence-corrected chi connectivity index (χ0v) is 19.2. The number of aromatic nitrogens is 1. The zero-order chi connectivity index (χ0) is 24.1. The lowest BCUT2D eigenvalue weighted by Crippen LogP contribution is -2.33. The van der Waals surface area contributed by atoms with Crippen LogP contribution in [0.15, 0.2) is 34.6 Å². The van der Waals surface area contributed by atoms with Crippen molar-refractivity contribution in [1.82, 2.24) is 9.88 Å². The molecule has 3 N–H and O–H groups in total. The highest BCUT2D eigenvalue weighted by Gasteiger charge is 2.38. The average Bonchev–Trinajstić information content (AvgIpc) is 3.30. The molecule has 172 valence electrons. The number of amides is 3. The second-order valence-corrected chi connectivity index (χ2v) is 8.70. The molecule has 0 radical (unpaired) electrons. The summed E-state index contributed by atoms with van der Waals surface area (Å²) in [6.07, 6.45) is 0. The van der Waals surface area contributed by atoms with Crippen LogP contribution in [0.25, 0.3) is 5.57 Å². The summed E-state index contributed by atoms with van der Waals surface area (Å²) in [5, 5.41) is 15.5. The number of carbonyl (C=O) groups is 4. The number of esters is 1. The van der Waals surface area contributed by atoms with Gasteiger partial charge in [-0.25, -0.2) is 19.0 Å². The Morgan fingerprint density at radius 1 is 1.24 bits per heavy atom. The van der Waals surface area contributed by atoms with Crippen molar-refractivity contribution in [3.63, 3.8) is 0 Å². The Kier molecular flexibility index (Phi) is 7.73. The number of halogens is 1. The van der Waals surface area contributed by atoms with Crippen LogP contribution in [-0.4, -0.2) is 56.3 Å². The first-order valence-corrected chi connectivity index (χ1v) is 11.3. The Hall–Kier alpha value is -3.36. The number of thiocarbonyl (C=S) groups is 1. The van der Waals surface area contributed by atoms with Gasteiger partial charge in [0, 0.05) is 11.1 Å². The smallest absolute Gasteiger partial charge is 0.341 e. The number of carboxylic acid groups (broad SMARTS) is 1. The molecule has 1 aliphatic heterocycles. The molecular weight excluding hydrogens is 495 g/mol. The van der Waals surface area contributed by atoms with Gasteiger partial charge in [-0.3, -0.25) is 19.8 Å². The summed E-state index contributed by atoms with van der Waals surface area (Å²) in [6, 6.07) is 4.46. The molecule has 0 aliphatic carbocycles. The highest BCUT2D eigenvalue weighted by atomic mass is 32.2. The van der Waals surface area contributed by atoms with E-state index in [0.29, 0.717) is 5.69 Å². The van der Waals surface area contributed by atoms with Crippen LogP contribution in [0.1, 0.15) is 12.6 Å². The van der Waals surface area contributed by atoms with E-state index < -0.39 is 36.2 Å². The quantitative estimate of drug-likeness (QED) is 0.291. The van der Waals surface area contributed by atoms with E-state index in [2.05, 4.69) is 15.6 Å². The Balaban J connectivity index is 1.85. The molecule has 0 unspecified atom stereocenters. The van der Waals surface area contributed by atoms with Crippen LogP contribution < -0.4 is 10.6 Å². The molecule has 0 bridgehead atoms. The summed E-state index contributed by atoms with van der Waals surface area (Å²) in [6.45, 7) is 0.948. The summed E-state index contributed by atoms with van der Waals surface area (Å²) in [7, 11) is 0. The summed E-state index contributed by atoms with van der Waals surface area (Å²) in [5.41, 5.74) is 0.205. The second kappa shape index (κ2) is 10.5. The normalized spacial score (nSPS) is 14.8. The third-order valence-corrected chi connectivity index (χ3v) is 6.14. The van der Waals surface area contributed by atoms with E-state index in [1.165, 1.54) is 29.6 Å². The second-order valence-electron chi connectivity index (χ2n) is 6.20. The third kappa shape index (κ3) is 5.91. The van der Waals surface area contributed by atoms with E-state index in [0.717, 1.165) is 28.0 Å². The van der Waals surface area contributed by atoms with Gasteiger partial charge in [0.15, 0.2) is 5.13 Å². The number of nitrogens with zero attached hydrogens (tertiary/aromatic N) is 2. The van der Waals surface area contributed by atoms with Gasteiger partial charge in [-0.05, 0) is 31.2 Å². The summed E-state index contributed by atoms with van der Waals surface area (Å²) in [5.74, 6) is -3.32. The number of rotatable bonds is 7. The number of urea groups is 1. The van der Waals surface area contributed by atoms with Crippen LogP contribution in [-0.2, 0) is 19.1 Å². The predicted molar refractivity (Wildman–Crippen MR) is 124 cm³/mol. The van der Waals surface area contributed by atoms with Crippen LogP contribution in [0.2, 0.25) is 0 Å². The fraction of sp³-hybridized carbons (Fsp3) is 0.158. The lowest BCUT2D eigenvalue weighted by atomic mass is 10.2. The standard InChI is InChI=1S/C19H15FN4O6S3/c1-2-30-16(28)13(14-15(27)24(7-12(25)26)19(31)33-14)11-8-32-18(22-11)23-17(29)21-10-5-3-9(20)4-6-10/h3-6,8H,2,7H2,1H3,(H,25,26)(H2,21,22,23,29). The Morgan fingerprint density at radius 2 is 1.94 bits per heavy atom. The lowest BCUT2D eigenvalue weighted by molar-refractivity contribution is -0.140. The molecule has 33 heavy (non-hydrogen) atoms. The summed E-state index contributed by atoms with van der Waals surface area (Å²) >= 11 is 6.82. The highest BCUT2D eigenvalue weighted by Crippen LogP contribution is 2.38. The largest absolute Gasteiger partial charge is 0.480 e. The monoisotopic (exact) mass is 510 g/mol. The molecule has 2 aromatic rings. The van der Waals surface area contributed by atoms with E-state index in [4.69, 9.17) is 22.1 Å². The molecule has 14 heteroatoms. The van der Waals surface area contributed by atoms with Crippen molar-refractivity contribution in [2.24, 2.45) is 0 Å². The van der Waals surface area contributed by atoms with Crippen LogP contribution in [0.3, 0.4) is 0 Å². The molecule has 3 amide bonds. The molecule has 1 aromatic carbocycles. The molecule has 1 fully saturated rings. The maximum atomic E-state index is 13.0. The number of nitrogens with one attached hydrogen (secondary N) is 2. The van der Waals surface area contributed by atoms with Gasteiger partial charge in [0.2, 0.25) is 0 Å². The number of hydrogen-bond donors (Lipinski definition) is 3. The molecule has 2 heterocycles. The molecule has 0 saturated carbocycles. The van der Waals surface area contributed by atoms with Crippen molar-refractivity contribution in [2.45, 2.75) is 6.92 Å². The number of hydrogen-bond acceptors (Lipinski definition) is 9. The van der Waals surface area contributed by atoms with Gasteiger partial charge in [0.1, 0.15) is 22.3 Å². The molecule has 1 aliphatic rings. The summed E-state index contributed by atoms with van der Waals surface area (Å²) < 4.78 is 18.0. The fourth-order valence-electron chi connectivity index (χ4n) is 2.58. The van der Waals surface area contributed by atoms with Gasteiger partial charge in [-0.15, -0.1) is 11.3 Å². The van der Waals surface area contributed by atoms with Gasteiger partial charge in [0.05, 0.1) is 17.2 Å². The molecule has 1 aromatic heterocycles. The van der Waals surface area contributed by atoms with Gasteiger partial charge in [-0.1, -0.05) is 24.0 Å². The number of carboxylic acids is 1. The number of ether oxygens (including phenoxy) is 1. The van der Waals surface area contributed by atoms with Gasteiger partial charge >= 0.3 is 18.0 Å². The van der Waals surface area contributed by atoms with Crippen LogP contribution in [0, 0.1) is 5.82 Å². The molecule has 3 rings (SSSR count). The number of thioether (sulfide) groups is 1. The SMILES string of the molecule is CCOC(=O)C(=C1SC(=S)N(CC(=O)O)C1=O)c1csc(NC(=O)Nc2ccc(F)cc2)n1. The molecule has 10 nitrogen and oxygen atoms in total. The number of thiazole rings is 1. The number of benzene rings is 1. The minimum absolute atomic E-state index is 0.0209. The Bertz CT molecular complexity index is 1160. The van der Waals surface area contributed by atoms with Crippen molar-refractivity contribution in [3.05, 3.63) is 46.1 Å². The molecule has 0 atom stereocenters. The van der Waals surface area contributed by atoms with E-state index in [1.807, 2.05) is 0 Å². The van der Waals surface area contributed by atoms with E-state index in [1.54, 1.807) is 6.92 Å². The maximum Gasteiger partial charge on any atom is 0.341 e. The minimum Gasteiger partial charge on any atom is -0.480 e. The number of carbonyl (C=O) groups excluding carboxylic acids is 3. The van der Waals surface area contributed by atoms with Crippen LogP contribution >= 0.6 is 35.3 Å². The average molecular weight is 511 g/mol. The lowest BCUT2D eigenvalue weighted by Gasteiger charge is -2.11.